The summed E-state index contributed by atoms with van der Waals surface area (Å²) in [6.45, 7) is 4.60. The van der Waals surface area contributed by atoms with Gasteiger partial charge < -0.3 is 0 Å². The molecule has 2 aromatic carbocycles. The first-order valence-corrected chi connectivity index (χ1v) is 9.86. The van der Waals surface area contributed by atoms with Gasteiger partial charge in [0, 0.05) is 0 Å². The van der Waals surface area contributed by atoms with Crippen LogP contribution in [-0.2, 0) is 0 Å². The zero-order valence-corrected chi connectivity index (χ0v) is 15.2. The average Bonchev–Trinajstić information content (AvgIpc) is 2.62. The van der Waals surface area contributed by atoms with Crippen molar-refractivity contribution in [3.8, 4) is 11.1 Å². The van der Waals surface area contributed by atoms with Gasteiger partial charge in [0.05, 0.1) is 0 Å². The lowest BCUT2D eigenvalue weighted by Crippen LogP contribution is -2.29. The molecule has 1 unspecified atom stereocenters. The van der Waals surface area contributed by atoms with Gasteiger partial charge in [-0.25, -0.2) is 0 Å². The van der Waals surface area contributed by atoms with Gasteiger partial charge >= 0.3 is 0 Å². The summed E-state index contributed by atoms with van der Waals surface area (Å²) in [7, 11) is 0. The summed E-state index contributed by atoms with van der Waals surface area (Å²) in [6, 6.07) is 18.3. The van der Waals surface area contributed by atoms with E-state index in [-0.39, 0.29) is 0 Å². The molecule has 0 heterocycles. The maximum atomic E-state index is 2.45. The van der Waals surface area contributed by atoms with E-state index in [0.717, 1.165) is 23.7 Å². The highest BCUT2D eigenvalue weighted by Crippen LogP contribution is 2.47. The maximum absolute atomic E-state index is 2.45. The highest BCUT2D eigenvalue weighted by molar-refractivity contribution is 5.64. The normalized spacial score (nSPS) is 29.9. The fourth-order valence-electron chi connectivity index (χ4n) is 5.12. The van der Waals surface area contributed by atoms with Crippen molar-refractivity contribution in [1.82, 2.24) is 0 Å². The minimum atomic E-state index is 0.798. The second kappa shape index (κ2) is 6.75. The Morgan fingerprint density at radius 3 is 1.96 bits per heavy atom. The van der Waals surface area contributed by atoms with Crippen LogP contribution in [0.3, 0.4) is 0 Å². The summed E-state index contributed by atoms with van der Waals surface area (Å²) in [5.41, 5.74) is 5.58. The van der Waals surface area contributed by atoms with Crippen molar-refractivity contribution in [2.24, 2.45) is 17.8 Å². The Hall–Kier alpha value is -1.56. The SMILES string of the molecule is Cc1ccc(-c2ccc([C@@H]3CC[C@@H]4CC(C)CC[C@@H]4C3)cc2)cc1. The second-order valence-electron chi connectivity index (χ2n) is 8.44. The third-order valence-corrected chi connectivity index (χ3v) is 6.64. The van der Waals surface area contributed by atoms with E-state index in [9.17, 15) is 0 Å². The fourth-order valence-corrected chi connectivity index (χ4v) is 5.12. The van der Waals surface area contributed by atoms with Gasteiger partial charge in [0.25, 0.3) is 0 Å². The van der Waals surface area contributed by atoms with Gasteiger partial charge in [0.15, 0.2) is 0 Å². The van der Waals surface area contributed by atoms with Crippen LogP contribution in [0.4, 0.5) is 0 Å². The first-order valence-electron chi connectivity index (χ1n) is 9.86. The van der Waals surface area contributed by atoms with Crippen molar-refractivity contribution in [2.45, 2.75) is 58.3 Å². The summed E-state index contributed by atoms with van der Waals surface area (Å²) in [4.78, 5) is 0. The molecule has 0 saturated heterocycles. The molecule has 2 aliphatic rings. The van der Waals surface area contributed by atoms with Crippen molar-refractivity contribution >= 4 is 0 Å². The predicted molar refractivity (Wildman–Crippen MR) is 103 cm³/mol. The van der Waals surface area contributed by atoms with Gasteiger partial charge in [0.1, 0.15) is 0 Å². The molecular formula is C24H30. The maximum Gasteiger partial charge on any atom is -0.0159 e. The Bertz CT molecular complexity index is 664. The van der Waals surface area contributed by atoms with Crippen LogP contribution in [0.25, 0.3) is 11.1 Å². The molecule has 2 saturated carbocycles. The van der Waals surface area contributed by atoms with Crippen LogP contribution in [0.5, 0.6) is 0 Å². The standard InChI is InChI=1S/C24H30/c1-17-3-6-19(7-4-17)20-9-11-21(12-10-20)23-14-13-22-15-18(2)5-8-24(22)16-23/h3-4,6-7,9-12,18,22-24H,5,8,13-16H2,1-2H3/t18?,22-,23-,24-/m1/s1. The van der Waals surface area contributed by atoms with E-state index >= 15 is 0 Å². The predicted octanol–water partition coefficient (Wildman–Crippen LogP) is 6.98. The Morgan fingerprint density at radius 2 is 1.25 bits per heavy atom. The number of benzene rings is 2. The van der Waals surface area contributed by atoms with Gasteiger partial charge in [-0.05, 0) is 79.4 Å². The van der Waals surface area contributed by atoms with Crippen molar-refractivity contribution in [1.29, 1.82) is 0 Å². The first kappa shape index (κ1) is 15.9. The minimum absolute atomic E-state index is 0.798. The summed E-state index contributed by atoms with van der Waals surface area (Å²) in [5, 5.41) is 0. The fraction of sp³-hybridized carbons (Fsp3) is 0.500. The first-order chi connectivity index (χ1) is 11.7. The minimum Gasteiger partial charge on any atom is -0.0625 e. The molecule has 0 heteroatoms. The lowest BCUT2D eigenvalue weighted by Gasteiger charge is -2.41. The summed E-state index contributed by atoms with van der Waals surface area (Å²) < 4.78 is 0. The van der Waals surface area contributed by atoms with Crippen molar-refractivity contribution < 1.29 is 0 Å². The molecule has 24 heavy (non-hydrogen) atoms. The topological polar surface area (TPSA) is 0 Å². The molecule has 2 aromatic rings. The van der Waals surface area contributed by atoms with E-state index in [0.29, 0.717) is 0 Å². The zero-order chi connectivity index (χ0) is 16.5. The van der Waals surface area contributed by atoms with Crippen molar-refractivity contribution in [3.63, 3.8) is 0 Å². The molecule has 2 aliphatic carbocycles. The Labute approximate surface area is 147 Å². The van der Waals surface area contributed by atoms with Crippen LogP contribution in [0, 0.1) is 24.7 Å². The summed E-state index contributed by atoms with van der Waals surface area (Å²) >= 11 is 0. The Balaban J connectivity index is 1.46. The number of fused-ring (bicyclic) bond motifs is 1. The van der Waals surface area contributed by atoms with Gasteiger partial charge in [-0.2, -0.15) is 0 Å². The molecule has 0 aromatic heterocycles. The average molecular weight is 319 g/mol. The number of hydrogen-bond donors (Lipinski definition) is 0. The number of rotatable bonds is 2. The van der Waals surface area contributed by atoms with Gasteiger partial charge in [-0.3, -0.25) is 0 Å². The molecule has 126 valence electrons. The smallest absolute Gasteiger partial charge is 0.0159 e. The van der Waals surface area contributed by atoms with Crippen LogP contribution in [0.15, 0.2) is 48.5 Å². The monoisotopic (exact) mass is 318 g/mol. The van der Waals surface area contributed by atoms with Crippen LogP contribution in [0.1, 0.15) is 62.5 Å². The molecule has 0 radical (unpaired) electrons. The summed E-state index contributed by atoms with van der Waals surface area (Å²) in [5.74, 6) is 3.79. The van der Waals surface area contributed by atoms with Crippen LogP contribution in [0.2, 0.25) is 0 Å². The quantitative estimate of drug-likeness (QED) is 0.560. The molecule has 0 nitrogen and oxygen atoms in total. The molecule has 0 N–H and O–H groups in total. The second-order valence-corrected chi connectivity index (χ2v) is 8.44. The Kier molecular flexibility index (Phi) is 4.48. The molecule has 0 bridgehead atoms. The van der Waals surface area contributed by atoms with Crippen molar-refractivity contribution in [3.05, 3.63) is 59.7 Å². The van der Waals surface area contributed by atoms with E-state index in [2.05, 4.69) is 62.4 Å². The highest BCUT2D eigenvalue weighted by Gasteiger charge is 2.34. The van der Waals surface area contributed by atoms with E-state index in [1.54, 1.807) is 5.56 Å². The van der Waals surface area contributed by atoms with Crippen LogP contribution >= 0.6 is 0 Å². The third kappa shape index (κ3) is 3.29. The van der Waals surface area contributed by atoms with Gasteiger partial charge in [-0.1, -0.05) is 67.4 Å². The van der Waals surface area contributed by atoms with Crippen molar-refractivity contribution in [2.75, 3.05) is 0 Å². The van der Waals surface area contributed by atoms with E-state index in [4.69, 9.17) is 0 Å². The van der Waals surface area contributed by atoms with E-state index in [1.165, 1.54) is 55.2 Å². The largest absolute Gasteiger partial charge is 0.0625 e. The molecule has 0 spiro atoms. The lowest BCUT2D eigenvalue weighted by molar-refractivity contribution is 0.124. The molecule has 0 amide bonds. The zero-order valence-electron chi connectivity index (χ0n) is 15.2. The lowest BCUT2D eigenvalue weighted by atomic mass is 9.64. The molecule has 0 aliphatic heterocycles. The molecule has 4 atom stereocenters. The van der Waals surface area contributed by atoms with Crippen LogP contribution in [-0.4, -0.2) is 0 Å². The number of aryl methyl sites for hydroxylation is 1. The number of hydrogen-bond acceptors (Lipinski definition) is 0. The molecular weight excluding hydrogens is 288 g/mol. The van der Waals surface area contributed by atoms with Crippen LogP contribution < -0.4 is 0 Å². The molecule has 4 rings (SSSR count). The van der Waals surface area contributed by atoms with E-state index in [1.807, 2.05) is 0 Å². The molecule has 2 fully saturated rings. The Morgan fingerprint density at radius 1 is 0.667 bits per heavy atom. The van der Waals surface area contributed by atoms with Gasteiger partial charge in [-0.15, -0.1) is 0 Å². The highest BCUT2D eigenvalue weighted by atomic mass is 14.4. The van der Waals surface area contributed by atoms with Gasteiger partial charge in [0.2, 0.25) is 0 Å². The summed E-state index contributed by atoms with van der Waals surface area (Å²) in [6.07, 6.45) is 8.71. The third-order valence-electron chi connectivity index (χ3n) is 6.64. The van der Waals surface area contributed by atoms with E-state index < -0.39 is 0 Å².